The molecule has 1 rings (SSSR count). The minimum Gasteiger partial charge on any atom is -0.273 e. The molecule has 0 spiro atoms. The number of rotatable bonds is 1. The van der Waals surface area contributed by atoms with Crippen LogP contribution in [0.15, 0.2) is 10.9 Å². The molecule has 0 aliphatic carbocycles. The summed E-state index contributed by atoms with van der Waals surface area (Å²) in [6.45, 7) is 1.39. The van der Waals surface area contributed by atoms with Crippen molar-refractivity contribution < 1.29 is 4.79 Å². The lowest BCUT2D eigenvalue weighted by atomic mass is 10.6. The highest BCUT2D eigenvalue weighted by Crippen LogP contribution is 2.09. The van der Waals surface area contributed by atoms with Crippen molar-refractivity contribution in [3.63, 3.8) is 0 Å². The van der Waals surface area contributed by atoms with E-state index < -0.39 is 0 Å². The largest absolute Gasteiger partial charge is 0.273 e. The van der Waals surface area contributed by atoms with E-state index in [-0.39, 0.29) is 5.91 Å². The van der Waals surface area contributed by atoms with E-state index >= 15 is 0 Å². The predicted molar refractivity (Wildman–Crippen MR) is 39.5 cm³/mol. The van der Waals surface area contributed by atoms with Crippen molar-refractivity contribution in [3.8, 4) is 0 Å². The Labute approximate surface area is 62.3 Å². The van der Waals surface area contributed by atoms with E-state index in [1.807, 2.05) is 0 Å². The first-order chi connectivity index (χ1) is 4.72. The molecule has 4 nitrogen and oxygen atoms in total. The average Bonchev–Trinajstić information content (AvgIpc) is 2.36. The fourth-order valence-electron chi connectivity index (χ4n) is 0.486. The summed E-state index contributed by atoms with van der Waals surface area (Å²) in [5, 5.41) is 2.72. The summed E-state index contributed by atoms with van der Waals surface area (Å²) in [7, 11) is 0. The molecule has 0 atom stereocenters. The molecule has 1 aromatic heterocycles. The van der Waals surface area contributed by atoms with Gasteiger partial charge in [-0.15, -0.1) is 11.3 Å². The van der Waals surface area contributed by atoms with Crippen LogP contribution in [0, 0.1) is 0 Å². The summed E-state index contributed by atoms with van der Waals surface area (Å²) in [5.74, 6) is 5.59. The maximum Gasteiger partial charge on any atom is 0.239 e. The Morgan fingerprint density at radius 2 is 2.60 bits per heavy atom. The summed E-state index contributed by atoms with van der Waals surface area (Å²) < 4.78 is 0. The molecule has 2 N–H and O–H groups in total. The lowest BCUT2D eigenvalue weighted by molar-refractivity contribution is -0.116. The van der Waals surface area contributed by atoms with Crippen LogP contribution in [0.4, 0.5) is 5.82 Å². The molecule has 0 aliphatic heterocycles. The molecule has 0 saturated heterocycles. The smallest absolute Gasteiger partial charge is 0.239 e. The zero-order chi connectivity index (χ0) is 7.56. The number of carbonyl (C=O) groups is 1. The number of hydrazine groups is 1. The minimum absolute atomic E-state index is 0.217. The predicted octanol–water partition coefficient (Wildman–Crippen LogP) is 0.370. The lowest BCUT2D eigenvalue weighted by Gasteiger charge is -2.08. The van der Waals surface area contributed by atoms with Gasteiger partial charge in [0.1, 0.15) is 0 Å². The Balaban J connectivity index is 2.77. The number of hydrogen-bond acceptors (Lipinski definition) is 4. The topological polar surface area (TPSA) is 59.2 Å². The quantitative estimate of drug-likeness (QED) is 0.364. The second-order valence-corrected chi connectivity index (χ2v) is 2.45. The van der Waals surface area contributed by atoms with Crippen LogP contribution in [0.5, 0.6) is 0 Å². The van der Waals surface area contributed by atoms with Crippen molar-refractivity contribution in [1.82, 2.24) is 4.98 Å². The number of carbonyl (C=O) groups excluding carboxylic acids is 1. The maximum atomic E-state index is 10.6. The van der Waals surface area contributed by atoms with E-state index in [1.54, 1.807) is 10.9 Å². The van der Waals surface area contributed by atoms with Gasteiger partial charge in [0.05, 0.1) is 5.51 Å². The Kier molecular flexibility index (Phi) is 1.98. The van der Waals surface area contributed by atoms with Gasteiger partial charge in [-0.3, -0.25) is 4.79 Å². The number of anilines is 1. The van der Waals surface area contributed by atoms with Crippen LogP contribution in [0.3, 0.4) is 0 Å². The molecule has 1 aromatic rings. The zero-order valence-electron chi connectivity index (χ0n) is 5.44. The van der Waals surface area contributed by atoms with Crippen LogP contribution in [0.1, 0.15) is 6.92 Å². The van der Waals surface area contributed by atoms with Crippen LogP contribution in [-0.4, -0.2) is 10.9 Å². The van der Waals surface area contributed by atoms with Crippen molar-refractivity contribution in [2.75, 3.05) is 5.01 Å². The van der Waals surface area contributed by atoms with Gasteiger partial charge >= 0.3 is 0 Å². The molecule has 5 heteroatoms. The summed E-state index contributed by atoms with van der Waals surface area (Å²) in [4.78, 5) is 14.4. The van der Waals surface area contributed by atoms with Crippen molar-refractivity contribution in [1.29, 1.82) is 0 Å². The van der Waals surface area contributed by atoms with Crippen molar-refractivity contribution >= 4 is 23.1 Å². The fourth-order valence-corrected chi connectivity index (χ4v) is 1.01. The highest BCUT2D eigenvalue weighted by Gasteiger charge is 2.06. The van der Waals surface area contributed by atoms with Gasteiger partial charge in [-0.05, 0) is 0 Å². The van der Waals surface area contributed by atoms with Gasteiger partial charge in [-0.1, -0.05) is 0 Å². The fraction of sp³-hybridized carbons (Fsp3) is 0.200. The first kappa shape index (κ1) is 7.17. The number of thiazole rings is 1. The maximum absolute atomic E-state index is 10.6. The van der Waals surface area contributed by atoms with E-state index in [9.17, 15) is 4.79 Å². The molecule has 10 heavy (non-hydrogen) atoms. The number of amides is 1. The number of hydrogen-bond donors (Lipinski definition) is 1. The molecule has 54 valence electrons. The van der Waals surface area contributed by atoms with Crippen LogP contribution in [0.2, 0.25) is 0 Å². The molecule has 0 fully saturated rings. The third kappa shape index (κ3) is 1.31. The molecule has 1 heterocycles. The number of aromatic nitrogens is 1. The first-order valence-electron chi connectivity index (χ1n) is 2.65. The number of nitrogens with two attached hydrogens (primary N) is 1. The van der Waals surface area contributed by atoms with Crippen LogP contribution in [0.25, 0.3) is 0 Å². The van der Waals surface area contributed by atoms with Crippen molar-refractivity contribution in [2.24, 2.45) is 5.84 Å². The summed E-state index contributed by atoms with van der Waals surface area (Å²) in [6.07, 6.45) is 0. The molecule has 0 aliphatic rings. The third-order valence-electron chi connectivity index (χ3n) is 1.01. The molecular weight excluding hydrogens is 150 g/mol. The monoisotopic (exact) mass is 157 g/mol. The van der Waals surface area contributed by atoms with Gasteiger partial charge < -0.3 is 0 Å². The van der Waals surface area contributed by atoms with Gasteiger partial charge in [0.2, 0.25) is 5.91 Å². The zero-order valence-corrected chi connectivity index (χ0v) is 6.26. The van der Waals surface area contributed by atoms with E-state index in [4.69, 9.17) is 5.84 Å². The summed E-state index contributed by atoms with van der Waals surface area (Å²) in [6, 6.07) is 0. The number of nitrogens with zero attached hydrogens (tertiary/aromatic N) is 2. The molecule has 0 aromatic carbocycles. The van der Waals surface area contributed by atoms with Crippen molar-refractivity contribution in [3.05, 3.63) is 10.9 Å². The molecular formula is C5H7N3OS. The SMILES string of the molecule is CC(=O)N(N)c1cscn1. The first-order valence-corrected chi connectivity index (χ1v) is 3.59. The van der Waals surface area contributed by atoms with Crippen LogP contribution >= 0.6 is 11.3 Å². The van der Waals surface area contributed by atoms with Gasteiger partial charge in [0, 0.05) is 12.3 Å². The Morgan fingerprint density at radius 3 is 3.00 bits per heavy atom. The van der Waals surface area contributed by atoms with Crippen LogP contribution in [-0.2, 0) is 4.79 Å². The van der Waals surface area contributed by atoms with Gasteiger partial charge in [-0.25, -0.2) is 15.8 Å². The lowest BCUT2D eigenvalue weighted by Crippen LogP contribution is -2.35. The standard InChI is InChI=1S/C5H7N3OS/c1-4(9)8(6)5-2-10-3-7-5/h2-3H,6H2,1H3. The second kappa shape index (κ2) is 2.76. The van der Waals surface area contributed by atoms with Gasteiger partial charge in [-0.2, -0.15) is 0 Å². The molecule has 0 bridgehead atoms. The second-order valence-electron chi connectivity index (χ2n) is 1.74. The third-order valence-corrected chi connectivity index (χ3v) is 1.58. The van der Waals surface area contributed by atoms with Crippen molar-refractivity contribution in [2.45, 2.75) is 6.92 Å². The summed E-state index contributed by atoms with van der Waals surface area (Å²) in [5.41, 5.74) is 1.62. The van der Waals surface area contributed by atoms with Gasteiger partial charge in [0.15, 0.2) is 5.82 Å². The average molecular weight is 157 g/mol. The van der Waals surface area contributed by atoms with Crippen LogP contribution < -0.4 is 10.9 Å². The summed E-state index contributed by atoms with van der Waals surface area (Å²) >= 11 is 1.40. The molecule has 0 saturated carbocycles. The van der Waals surface area contributed by atoms with E-state index in [1.165, 1.54) is 18.3 Å². The molecule has 1 amide bonds. The minimum atomic E-state index is -0.217. The van der Waals surface area contributed by atoms with E-state index in [0.717, 1.165) is 5.01 Å². The van der Waals surface area contributed by atoms with E-state index in [2.05, 4.69) is 4.98 Å². The van der Waals surface area contributed by atoms with E-state index in [0.29, 0.717) is 5.82 Å². The Hall–Kier alpha value is -0.940. The molecule has 0 unspecified atom stereocenters. The highest BCUT2D eigenvalue weighted by atomic mass is 32.1. The normalized spacial score (nSPS) is 9.40. The highest BCUT2D eigenvalue weighted by molar-refractivity contribution is 7.07. The Morgan fingerprint density at radius 1 is 1.90 bits per heavy atom. The molecule has 0 radical (unpaired) electrons. The van der Waals surface area contributed by atoms with Gasteiger partial charge in [0.25, 0.3) is 0 Å². The Bertz CT molecular complexity index is 221.